The van der Waals surface area contributed by atoms with Gasteiger partial charge in [-0.3, -0.25) is 24.1 Å². The molecule has 0 radical (unpaired) electrons. The molecule has 2 rings (SSSR count). The Morgan fingerprint density at radius 1 is 1.06 bits per heavy atom. The largest absolute Gasteiger partial charge is 0.375 e. The van der Waals surface area contributed by atoms with Gasteiger partial charge in [0.1, 0.15) is 0 Å². The minimum atomic E-state index is -0.525. The van der Waals surface area contributed by atoms with E-state index in [9.17, 15) is 19.2 Å². The summed E-state index contributed by atoms with van der Waals surface area (Å²) < 4.78 is 5.90. The molecule has 1 aliphatic rings. The summed E-state index contributed by atoms with van der Waals surface area (Å²) >= 11 is 0. The van der Waals surface area contributed by atoms with Gasteiger partial charge in [-0.05, 0) is 44.6 Å². The molecule has 0 bridgehead atoms. The summed E-state index contributed by atoms with van der Waals surface area (Å²) in [5.41, 5.74) is 5.88. The third-order valence-electron chi connectivity index (χ3n) is 5.20. The number of hydrogen-bond acceptors (Lipinski definition) is 5. The Hall–Kier alpha value is -3.00. The molecule has 0 aromatic heterocycles. The Morgan fingerprint density at radius 2 is 1.68 bits per heavy atom. The molecule has 0 spiro atoms. The second-order valence-electron chi connectivity index (χ2n) is 9.25. The van der Waals surface area contributed by atoms with Crippen molar-refractivity contribution in [3.05, 3.63) is 48.0 Å². The third kappa shape index (κ3) is 12.9. The molecular weight excluding hydrogens is 434 g/mol. The van der Waals surface area contributed by atoms with Gasteiger partial charge in [-0.2, -0.15) is 0 Å². The third-order valence-corrected chi connectivity index (χ3v) is 5.20. The molecule has 0 aliphatic carbocycles. The molecule has 4 amide bonds. The fourth-order valence-electron chi connectivity index (χ4n) is 3.01. The van der Waals surface area contributed by atoms with Crippen molar-refractivity contribution in [1.82, 2.24) is 10.2 Å². The number of primary amides is 1. The molecule has 8 heteroatoms. The van der Waals surface area contributed by atoms with Crippen LogP contribution in [0.5, 0.6) is 0 Å². The summed E-state index contributed by atoms with van der Waals surface area (Å²) in [6, 6.07) is 10.1. The van der Waals surface area contributed by atoms with Crippen LogP contribution in [-0.4, -0.2) is 53.8 Å². The number of hydrogen-bond donors (Lipinski definition) is 2. The van der Waals surface area contributed by atoms with Crippen LogP contribution in [0.15, 0.2) is 42.5 Å². The van der Waals surface area contributed by atoms with Gasteiger partial charge in [0.2, 0.25) is 11.8 Å². The predicted molar refractivity (Wildman–Crippen MR) is 132 cm³/mol. The van der Waals surface area contributed by atoms with Crippen LogP contribution in [0.25, 0.3) is 0 Å². The number of imide groups is 1. The molecule has 188 valence electrons. The van der Waals surface area contributed by atoms with E-state index in [-0.39, 0.29) is 36.3 Å². The molecule has 8 nitrogen and oxygen atoms in total. The lowest BCUT2D eigenvalue weighted by molar-refractivity contribution is -0.137. The summed E-state index contributed by atoms with van der Waals surface area (Å²) in [5.74, 6) is -0.527. The highest BCUT2D eigenvalue weighted by Gasteiger charge is 2.23. The average molecular weight is 474 g/mol. The normalized spacial score (nSPS) is 13.1. The molecule has 0 fully saturated rings. The Bertz CT molecular complexity index is 816. The maximum Gasteiger partial charge on any atom is 0.253 e. The Kier molecular flexibility index (Phi) is 12.8. The summed E-state index contributed by atoms with van der Waals surface area (Å²) in [5, 5.41) is 2.99. The van der Waals surface area contributed by atoms with Crippen LogP contribution in [0.3, 0.4) is 0 Å². The molecule has 1 aromatic rings. The van der Waals surface area contributed by atoms with Crippen LogP contribution in [0.4, 0.5) is 0 Å². The van der Waals surface area contributed by atoms with E-state index < -0.39 is 5.91 Å². The van der Waals surface area contributed by atoms with Gasteiger partial charge in [-0.15, -0.1) is 0 Å². The van der Waals surface area contributed by atoms with Crippen molar-refractivity contribution in [2.45, 2.75) is 65.4 Å². The van der Waals surface area contributed by atoms with E-state index in [4.69, 9.17) is 10.5 Å². The van der Waals surface area contributed by atoms with Gasteiger partial charge in [-0.25, -0.2) is 0 Å². The summed E-state index contributed by atoms with van der Waals surface area (Å²) in [6.45, 7) is 10.1. The fraction of sp³-hybridized carbons (Fsp3) is 0.538. The van der Waals surface area contributed by atoms with Gasteiger partial charge in [0.05, 0.1) is 5.60 Å². The number of benzene rings is 1. The maximum atomic E-state index is 11.9. The zero-order valence-corrected chi connectivity index (χ0v) is 20.8. The molecule has 0 unspecified atom stereocenters. The number of amides is 4. The average Bonchev–Trinajstić information content (AvgIpc) is 3.08. The second kappa shape index (κ2) is 15.0. The molecule has 1 heterocycles. The Labute approximate surface area is 202 Å². The van der Waals surface area contributed by atoms with E-state index in [2.05, 4.69) is 45.1 Å². The van der Waals surface area contributed by atoms with Crippen LogP contribution in [-0.2, 0) is 30.3 Å². The Balaban J connectivity index is 0.000000404. The predicted octanol–water partition coefficient (Wildman–Crippen LogP) is 2.75. The lowest BCUT2D eigenvalue weighted by atomic mass is 10.0. The molecule has 1 aliphatic heterocycles. The quantitative estimate of drug-likeness (QED) is 0.427. The standard InChI is InChI=1S/C19H31NO2.C7H8N2O3/c1-16(2)12-15-22-19(3,4)13-14-20-18(21)11-10-17-8-6-5-7-9-17;8-5(10)3-4-9-6(11)1-2-7(9)12/h5-9,16H,10-15H2,1-4H3,(H,20,21);1-2H,3-4H2,(H2,8,10). The van der Waals surface area contributed by atoms with Crippen molar-refractivity contribution in [1.29, 1.82) is 0 Å². The second-order valence-corrected chi connectivity index (χ2v) is 9.25. The maximum absolute atomic E-state index is 11.9. The first kappa shape index (κ1) is 29.0. The number of nitrogens with two attached hydrogens (primary N) is 1. The van der Waals surface area contributed by atoms with E-state index in [0.717, 1.165) is 30.8 Å². The molecular formula is C26H39N3O5. The monoisotopic (exact) mass is 473 g/mol. The summed E-state index contributed by atoms with van der Waals surface area (Å²) in [4.78, 5) is 44.9. The molecule has 0 saturated heterocycles. The van der Waals surface area contributed by atoms with E-state index in [0.29, 0.717) is 18.9 Å². The van der Waals surface area contributed by atoms with Crippen LogP contribution < -0.4 is 11.1 Å². The number of nitrogens with zero attached hydrogens (tertiary/aromatic N) is 1. The first-order valence-corrected chi connectivity index (χ1v) is 11.8. The molecule has 0 saturated carbocycles. The molecule has 0 atom stereocenters. The smallest absolute Gasteiger partial charge is 0.253 e. The van der Waals surface area contributed by atoms with Crippen LogP contribution in [0.2, 0.25) is 0 Å². The van der Waals surface area contributed by atoms with Gasteiger partial charge < -0.3 is 15.8 Å². The lowest BCUT2D eigenvalue weighted by Crippen LogP contribution is -2.33. The van der Waals surface area contributed by atoms with Gasteiger partial charge in [0.15, 0.2) is 0 Å². The van der Waals surface area contributed by atoms with Gasteiger partial charge in [0.25, 0.3) is 11.8 Å². The van der Waals surface area contributed by atoms with E-state index in [1.54, 1.807) is 0 Å². The number of carbonyl (C=O) groups excluding carboxylic acids is 4. The summed E-state index contributed by atoms with van der Waals surface area (Å²) in [6.07, 6.45) is 5.60. The lowest BCUT2D eigenvalue weighted by Gasteiger charge is -2.26. The number of carbonyl (C=O) groups is 4. The number of aryl methyl sites for hydroxylation is 1. The molecule has 34 heavy (non-hydrogen) atoms. The van der Waals surface area contributed by atoms with Crippen molar-refractivity contribution >= 4 is 23.6 Å². The van der Waals surface area contributed by atoms with E-state index in [1.165, 1.54) is 17.7 Å². The minimum absolute atomic E-state index is 0.0131. The zero-order valence-electron chi connectivity index (χ0n) is 20.8. The first-order valence-electron chi connectivity index (χ1n) is 11.8. The van der Waals surface area contributed by atoms with Gasteiger partial charge >= 0.3 is 0 Å². The molecule has 1 aromatic carbocycles. The SMILES string of the molecule is CC(C)CCOC(C)(C)CCNC(=O)CCc1ccccc1.NC(=O)CCN1C(=O)C=CC1=O. The highest BCUT2D eigenvalue weighted by Crippen LogP contribution is 2.15. The first-order chi connectivity index (χ1) is 16.0. The van der Waals surface area contributed by atoms with Crippen LogP contribution in [0, 0.1) is 5.92 Å². The summed E-state index contributed by atoms with van der Waals surface area (Å²) in [7, 11) is 0. The van der Waals surface area contributed by atoms with Gasteiger partial charge in [-0.1, -0.05) is 44.2 Å². The highest BCUT2D eigenvalue weighted by atomic mass is 16.5. The van der Waals surface area contributed by atoms with E-state index >= 15 is 0 Å². The number of ether oxygens (including phenoxy) is 1. The Morgan fingerprint density at radius 3 is 2.24 bits per heavy atom. The van der Waals surface area contributed by atoms with Crippen molar-refractivity contribution in [2.24, 2.45) is 11.7 Å². The number of rotatable bonds is 13. The van der Waals surface area contributed by atoms with Crippen molar-refractivity contribution in [3.63, 3.8) is 0 Å². The van der Waals surface area contributed by atoms with Crippen molar-refractivity contribution in [2.75, 3.05) is 19.7 Å². The topological polar surface area (TPSA) is 119 Å². The van der Waals surface area contributed by atoms with Crippen molar-refractivity contribution in [3.8, 4) is 0 Å². The van der Waals surface area contributed by atoms with Crippen molar-refractivity contribution < 1.29 is 23.9 Å². The van der Waals surface area contributed by atoms with Crippen LogP contribution >= 0.6 is 0 Å². The number of nitrogens with one attached hydrogen (secondary N) is 1. The van der Waals surface area contributed by atoms with Gasteiger partial charge in [0, 0.05) is 44.7 Å². The zero-order chi connectivity index (χ0) is 25.6. The fourth-order valence-corrected chi connectivity index (χ4v) is 3.01. The highest BCUT2D eigenvalue weighted by molar-refractivity contribution is 6.13. The molecule has 3 N–H and O–H groups in total. The minimum Gasteiger partial charge on any atom is -0.375 e. The van der Waals surface area contributed by atoms with E-state index in [1.807, 2.05) is 18.2 Å². The van der Waals surface area contributed by atoms with Crippen LogP contribution in [0.1, 0.15) is 58.9 Å².